The maximum atomic E-state index is 12.1. The standard InChI is InChI=1S/C17H16N2O3/c1-11-5-6-18-16(7-11)19-17(20)8-12-10-22-15-9-13(21-2)3-4-14(12)15/h3-7,9-10H,8H2,1-2H3,(H,18,19,20). The van der Waals surface area contributed by atoms with Gasteiger partial charge in [0.1, 0.15) is 17.2 Å². The van der Waals surface area contributed by atoms with Crippen molar-refractivity contribution >= 4 is 22.7 Å². The van der Waals surface area contributed by atoms with Crippen LogP contribution >= 0.6 is 0 Å². The lowest BCUT2D eigenvalue weighted by molar-refractivity contribution is -0.115. The van der Waals surface area contributed by atoms with E-state index in [1.54, 1.807) is 25.6 Å². The third-order valence-electron chi connectivity index (χ3n) is 3.40. The number of hydrogen-bond donors (Lipinski definition) is 1. The Balaban J connectivity index is 1.76. The van der Waals surface area contributed by atoms with Crippen LogP contribution in [-0.4, -0.2) is 18.0 Å². The van der Waals surface area contributed by atoms with Crippen molar-refractivity contribution in [1.29, 1.82) is 0 Å². The van der Waals surface area contributed by atoms with Gasteiger partial charge >= 0.3 is 0 Å². The Morgan fingerprint density at radius 3 is 2.95 bits per heavy atom. The minimum atomic E-state index is -0.128. The number of nitrogens with one attached hydrogen (secondary N) is 1. The third-order valence-corrected chi connectivity index (χ3v) is 3.40. The molecule has 0 saturated heterocycles. The summed E-state index contributed by atoms with van der Waals surface area (Å²) in [7, 11) is 1.60. The summed E-state index contributed by atoms with van der Waals surface area (Å²) in [5.74, 6) is 1.15. The highest BCUT2D eigenvalue weighted by Gasteiger charge is 2.11. The van der Waals surface area contributed by atoms with Gasteiger partial charge in [0.15, 0.2) is 0 Å². The largest absolute Gasteiger partial charge is 0.497 e. The van der Waals surface area contributed by atoms with Crippen LogP contribution in [0.3, 0.4) is 0 Å². The molecule has 0 bridgehead atoms. The SMILES string of the molecule is COc1ccc2c(CC(=O)Nc3cc(C)ccn3)coc2c1. The molecule has 0 spiro atoms. The van der Waals surface area contributed by atoms with Gasteiger partial charge in [-0.25, -0.2) is 4.98 Å². The molecule has 2 aromatic heterocycles. The van der Waals surface area contributed by atoms with Crippen molar-refractivity contribution < 1.29 is 13.9 Å². The summed E-state index contributed by atoms with van der Waals surface area (Å²) in [5.41, 5.74) is 2.59. The molecule has 0 radical (unpaired) electrons. The number of benzene rings is 1. The van der Waals surface area contributed by atoms with Gasteiger partial charge in [-0.05, 0) is 36.8 Å². The number of aryl methyl sites for hydroxylation is 1. The maximum absolute atomic E-state index is 12.1. The fourth-order valence-corrected chi connectivity index (χ4v) is 2.29. The quantitative estimate of drug-likeness (QED) is 0.802. The van der Waals surface area contributed by atoms with E-state index < -0.39 is 0 Å². The number of methoxy groups -OCH3 is 1. The van der Waals surface area contributed by atoms with Crippen LogP contribution in [0, 0.1) is 6.92 Å². The zero-order valence-electron chi connectivity index (χ0n) is 12.4. The molecule has 1 aromatic carbocycles. The van der Waals surface area contributed by atoms with Crippen molar-refractivity contribution in [2.24, 2.45) is 0 Å². The highest BCUT2D eigenvalue weighted by molar-refractivity contribution is 5.94. The molecular formula is C17H16N2O3. The number of carbonyl (C=O) groups excluding carboxylic acids is 1. The normalized spacial score (nSPS) is 10.6. The van der Waals surface area contributed by atoms with Gasteiger partial charge in [0, 0.05) is 23.2 Å². The van der Waals surface area contributed by atoms with Crippen LogP contribution in [0.5, 0.6) is 5.75 Å². The number of anilines is 1. The molecule has 2 heterocycles. The molecule has 0 aliphatic heterocycles. The van der Waals surface area contributed by atoms with Crippen LogP contribution < -0.4 is 10.1 Å². The minimum Gasteiger partial charge on any atom is -0.497 e. The molecule has 0 aliphatic rings. The number of pyridine rings is 1. The Morgan fingerprint density at radius 1 is 1.32 bits per heavy atom. The van der Waals surface area contributed by atoms with Crippen molar-refractivity contribution in [2.45, 2.75) is 13.3 Å². The number of aromatic nitrogens is 1. The van der Waals surface area contributed by atoms with E-state index in [1.807, 2.05) is 31.2 Å². The van der Waals surface area contributed by atoms with Crippen LogP contribution in [0.15, 0.2) is 47.2 Å². The molecule has 3 rings (SSSR count). The highest BCUT2D eigenvalue weighted by Crippen LogP contribution is 2.26. The fourth-order valence-electron chi connectivity index (χ4n) is 2.29. The van der Waals surface area contributed by atoms with Crippen molar-refractivity contribution in [2.75, 3.05) is 12.4 Å². The number of fused-ring (bicyclic) bond motifs is 1. The minimum absolute atomic E-state index is 0.128. The summed E-state index contributed by atoms with van der Waals surface area (Å²) < 4.78 is 10.6. The highest BCUT2D eigenvalue weighted by atomic mass is 16.5. The number of rotatable bonds is 4. The molecule has 112 valence electrons. The molecule has 0 unspecified atom stereocenters. The van der Waals surface area contributed by atoms with Crippen LogP contribution in [-0.2, 0) is 11.2 Å². The lowest BCUT2D eigenvalue weighted by Crippen LogP contribution is -2.15. The number of ether oxygens (including phenoxy) is 1. The van der Waals surface area contributed by atoms with Crippen molar-refractivity contribution in [3.63, 3.8) is 0 Å². The van der Waals surface area contributed by atoms with E-state index in [-0.39, 0.29) is 12.3 Å². The van der Waals surface area contributed by atoms with Gasteiger partial charge in [-0.1, -0.05) is 0 Å². The van der Waals surface area contributed by atoms with Crippen LogP contribution in [0.2, 0.25) is 0 Å². The second-order valence-corrected chi connectivity index (χ2v) is 5.07. The van der Waals surface area contributed by atoms with Crippen LogP contribution in [0.25, 0.3) is 11.0 Å². The van der Waals surface area contributed by atoms with Crippen LogP contribution in [0.1, 0.15) is 11.1 Å². The number of amides is 1. The summed E-state index contributed by atoms with van der Waals surface area (Å²) >= 11 is 0. The first-order valence-corrected chi connectivity index (χ1v) is 6.92. The molecule has 3 aromatic rings. The monoisotopic (exact) mass is 296 g/mol. The average molecular weight is 296 g/mol. The van der Waals surface area contributed by atoms with Gasteiger partial charge in [0.25, 0.3) is 0 Å². The number of furan rings is 1. The number of carbonyl (C=O) groups is 1. The fraction of sp³-hybridized carbons (Fsp3) is 0.176. The first-order chi connectivity index (χ1) is 10.7. The first kappa shape index (κ1) is 14.1. The molecule has 5 nitrogen and oxygen atoms in total. The molecule has 1 amide bonds. The Labute approximate surface area is 127 Å². The van der Waals surface area contributed by atoms with Gasteiger partial charge in [0.2, 0.25) is 5.91 Å². The summed E-state index contributed by atoms with van der Waals surface area (Å²) in [6.45, 7) is 1.95. The Hall–Kier alpha value is -2.82. The molecule has 0 atom stereocenters. The molecule has 1 N–H and O–H groups in total. The molecule has 0 aliphatic carbocycles. The summed E-state index contributed by atoms with van der Waals surface area (Å²) in [4.78, 5) is 16.3. The van der Waals surface area contributed by atoms with Crippen LogP contribution in [0.4, 0.5) is 5.82 Å². The Morgan fingerprint density at radius 2 is 2.18 bits per heavy atom. The average Bonchev–Trinajstić information content (AvgIpc) is 2.89. The number of hydrogen-bond acceptors (Lipinski definition) is 4. The first-order valence-electron chi connectivity index (χ1n) is 6.92. The van der Waals surface area contributed by atoms with E-state index in [0.29, 0.717) is 11.4 Å². The summed E-state index contributed by atoms with van der Waals surface area (Å²) in [6.07, 6.45) is 3.51. The molecule has 0 fully saturated rings. The van der Waals surface area contributed by atoms with E-state index in [2.05, 4.69) is 10.3 Å². The predicted octanol–water partition coefficient (Wildman–Crippen LogP) is 3.33. The van der Waals surface area contributed by atoms with E-state index in [0.717, 1.165) is 22.3 Å². The Kier molecular flexibility index (Phi) is 3.78. The van der Waals surface area contributed by atoms with E-state index in [9.17, 15) is 4.79 Å². The summed E-state index contributed by atoms with van der Waals surface area (Å²) in [6, 6.07) is 9.26. The maximum Gasteiger partial charge on any atom is 0.230 e. The summed E-state index contributed by atoms with van der Waals surface area (Å²) in [5, 5.41) is 3.70. The van der Waals surface area contributed by atoms with Gasteiger partial charge in [-0.15, -0.1) is 0 Å². The molecular weight excluding hydrogens is 280 g/mol. The molecule has 22 heavy (non-hydrogen) atoms. The Bertz CT molecular complexity index is 824. The van der Waals surface area contributed by atoms with E-state index in [4.69, 9.17) is 9.15 Å². The topological polar surface area (TPSA) is 64.4 Å². The zero-order valence-corrected chi connectivity index (χ0v) is 12.4. The van der Waals surface area contributed by atoms with Crippen molar-refractivity contribution in [1.82, 2.24) is 4.98 Å². The van der Waals surface area contributed by atoms with Gasteiger partial charge in [-0.2, -0.15) is 0 Å². The smallest absolute Gasteiger partial charge is 0.230 e. The zero-order chi connectivity index (χ0) is 15.5. The lowest BCUT2D eigenvalue weighted by Gasteiger charge is -2.04. The third kappa shape index (κ3) is 2.93. The number of nitrogens with zero attached hydrogens (tertiary/aromatic N) is 1. The van der Waals surface area contributed by atoms with Gasteiger partial charge in [-0.3, -0.25) is 4.79 Å². The second kappa shape index (κ2) is 5.89. The molecule has 0 saturated carbocycles. The lowest BCUT2D eigenvalue weighted by atomic mass is 10.1. The predicted molar refractivity (Wildman–Crippen MR) is 84.1 cm³/mol. The molecule has 5 heteroatoms. The van der Waals surface area contributed by atoms with Gasteiger partial charge in [0.05, 0.1) is 19.8 Å². The second-order valence-electron chi connectivity index (χ2n) is 5.07. The van der Waals surface area contributed by atoms with E-state index in [1.165, 1.54) is 0 Å². The van der Waals surface area contributed by atoms with Crippen molar-refractivity contribution in [3.05, 3.63) is 53.9 Å². The van der Waals surface area contributed by atoms with Gasteiger partial charge < -0.3 is 14.5 Å². The van der Waals surface area contributed by atoms with E-state index >= 15 is 0 Å². The van der Waals surface area contributed by atoms with Crippen molar-refractivity contribution in [3.8, 4) is 5.75 Å².